The van der Waals surface area contributed by atoms with Gasteiger partial charge in [-0.2, -0.15) is 0 Å². The quantitative estimate of drug-likeness (QED) is 0.583. The predicted molar refractivity (Wildman–Crippen MR) is 123 cm³/mol. The first kappa shape index (κ1) is 23.1. The molecule has 0 radical (unpaired) electrons. The highest BCUT2D eigenvalue weighted by Gasteiger charge is 2.68. The van der Waals surface area contributed by atoms with Crippen molar-refractivity contribution < 1.29 is 38.6 Å². The minimum absolute atomic E-state index is 0.0211. The van der Waals surface area contributed by atoms with Crippen molar-refractivity contribution in [2.24, 2.45) is 22.7 Å². The Kier molecular flexibility index (Phi) is 5.29. The standard InChI is InChI=1S/C27H38O8/c1-13-20(28)22(30-3)21(29)25(33-13)34-15-6-8-26(2)14(10-15)4-5-16-17(26)7-9-27-12-32-24-19(27)18(11-31-24)35-23(16)27/h4,13,15,17-22,24-25,28-29H,5-12H2,1-3H3/t13-,15+,17+,18-,19-,20-,21-,22+,24-,25+,26+,27-/m1/s1. The average Bonchev–Trinajstić information content (AvgIpc) is 3.51. The molecule has 1 saturated carbocycles. The predicted octanol–water partition coefficient (Wildman–Crippen LogP) is 2.43. The van der Waals surface area contributed by atoms with E-state index in [1.165, 1.54) is 24.0 Å². The molecule has 194 valence electrons. The van der Waals surface area contributed by atoms with E-state index in [9.17, 15) is 10.2 Å². The van der Waals surface area contributed by atoms with Crippen molar-refractivity contribution in [3.8, 4) is 0 Å². The lowest BCUT2D eigenvalue weighted by molar-refractivity contribution is -0.309. The van der Waals surface area contributed by atoms with Crippen molar-refractivity contribution in [2.75, 3.05) is 20.3 Å². The number of hydrogen-bond donors (Lipinski definition) is 2. The molecule has 7 aliphatic rings. The van der Waals surface area contributed by atoms with Gasteiger partial charge in [-0.1, -0.05) is 18.6 Å². The fourth-order valence-electron chi connectivity index (χ4n) is 8.52. The Balaban J connectivity index is 1.11. The molecule has 7 rings (SSSR count). The zero-order valence-corrected chi connectivity index (χ0v) is 20.9. The number of ether oxygens (including phenoxy) is 6. The van der Waals surface area contributed by atoms with Crippen LogP contribution in [0.3, 0.4) is 0 Å². The monoisotopic (exact) mass is 490 g/mol. The van der Waals surface area contributed by atoms with Gasteiger partial charge in [-0.15, -0.1) is 0 Å². The summed E-state index contributed by atoms with van der Waals surface area (Å²) < 4.78 is 36.1. The summed E-state index contributed by atoms with van der Waals surface area (Å²) in [5, 5.41) is 21.0. The molecule has 4 saturated heterocycles. The van der Waals surface area contributed by atoms with E-state index in [1.54, 1.807) is 6.92 Å². The first-order chi connectivity index (χ1) is 16.9. The molecule has 0 aromatic heterocycles. The van der Waals surface area contributed by atoms with Crippen LogP contribution in [-0.4, -0.2) is 79.7 Å². The Hall–Kier alpha value is -1.00. The Morgan fingerprint density at radius 3 is 2.80 bits per heavy atom. The van der Waals surface area contributed by atoms with Crippen LogP contribution in [0.1, 0.15) is 52.4 Å². The van der Waals surface area contributed by atoms with E-state index < -0.39 is 30.7 Å². The number of aliphatic hydroxyl groups is 2. The smallest absolute Gasteiger partial charge is 0.186 e. The van der Waals surface area contributed by atoms with E-state index in [4.69, 9.17) is 28.4 Å². The lowest BCUT2D eigenvalue weighted by Crippen LogP contribution is -2.58. The SMILES string of the molecule is CO[C@@H]1[C@@H](O)[C@H](O[C@H]2CC[C@@]3(C)C(=CCC4=C5O[C@@H]6CO[C@@H]7OC[C@]5(CC[C@@H]43)[C@@H]76)C2)O[C@H](C)[C@H]1O. The minimum atomic E-state index is -1.02. The maximum absolute atomic E-state index is 10.7. The van der Waals surface area contributed by atoms with Gasteiger partial charge in [0.2, 0.25) is 0 Å². The van der Waals surface area contributed by atoms with E-state index >= 15 is 0 Å². The minimum Gasteiger partial charge on any atom is -0.491 e. The van der Waals surface area contributed by atoms with E-state index in [0.29, 0.717) is 18.4 Å². The number of rotatable bonds is 3. The van der Waals surface area contributed by atoms with Gasteiger partial charge in [0.1, 0.15) is 30.2 Å². The molecular formula is C27H38O8. The molecule has 8 nitrogen and oxygen atoms in total. The summed E-state index contributed by atoms with van der Waals surface area (Å²) in [6.45, 7) is 5.58. The fourth-order valence-corrected chi connectivity index (χ4v) is 8.52. The summed E-state index contributed by atoms with van der Waals surface area (Å²) in [5.41, 5.74) is 3.08. The Morgan fingerprint density at radius 2 is 1.97 bits per heavy atom. The molecule has 0 aromatic rings. The molecule has 2 N–H and O–H groups in total. The molecule has 5 fully saturated rings. The van der Waals surface area contributed by atoms with Crippen LogP contribution < -0.4 is 0 Å². The first-order valence-corrected chi connectivity index (χ1v) is 13.4. The number of fused-ring (bicyclic) bond motifs is 3. The average molecular weight is 491 g/mol. The van der Waals surface area contributed by atoms with Crippen molar-refractivity contribution in [3.05, 3.63) is 23.0 Å². The molecular weight excluding hydrogens is 452 g/mol. The van der Waals surface area contributed by atoms with Gasteiger partial charge in [-0.05, 0) is 62.4 Å². The van der Waals surface area contributed by atoms with E-state index in [2.05, 4.69) is 13.0 Å². The third-order valence-corrected chi connectivity index (χ3v) is 10.5. The van der Waals surface area contributed by atoms with Gasteiger partial charge in [0, 0.05) is 7.11 Å². The lowest BCUT2D eigenvalue weighted by Gasteiger charge is -2.52. The van der Waals surface area contributed by atoms with Crippen LogP contribution >= 0.6 is 0 Å². The maximum Gasteiger partial charge on any atom is 0.186 e. The molecule has 4 aliphatic heterocycles. The molecule has 0 amide bonds. The van der Waals surface area contributed by atoms with Crippen LogP contribution in [0.15, 0.2) is 23.0 Å². The number of allylic oxidation sites excluding steroid dienone is 2. The Bertz CT molecular complexity index is 947. The maximum atomic E-state index is 10.7. The number of methoxy groups -OCH3 is 1. The molecule has 0 unspecified atom stereocenters. The summed E-state index contributed by atoms with van der Waals surface area (Å²) in [5.74, 6) is 2.08. The third kappa shape index (κ3) is 3.11. The van der Waals surface area contributed by atoms with Crippen molar-refractivity contribution in [1.82, 2.24) is 0 Å². The van der Waals surface area contributed by atoms with Gasteiger partial charge < -0.3 is 38.6 Å². The van der Waals surface area contributed by atoms with Crippen LogP contribution in [0.25, 0.3) is 0 Å². The highest BCUT2D eigenvalue weighted by atomic mass is 16.7. The van der Waals surface area contributed by atoms with Gasteiger partial charge in [-0.3, -0.25) is 0 Å². The van der Waals surface area contributed by atoms with Gasteiger partial charge in [0.15, 0.2) is 12.6 Å². The van der Waals surface area contributed by atoms with Gasteiger partial charge in [-0.25, -0.2) is 0 Å². The largest absolute Gasteiger partial charge is 0.491 e. The van der Waals surface area contributed by atoms with E-state index in [0.717, 1.165) is 45.1 Å². The molecule has 35 heavy (non-hydrogen) atoms. The van der Waals surface area contributed by atoms with Crippen molar-refractivity contribution in [3.63, 3.8) is 0 Å². The molecule has 0 bridgehead atoms. The third-order valence-electron chi connectivity index (χ3n) is 10.5. The van der Waals surface area contributed by atoms with Crippen molar-refractivity contribution in [2.45, 2.75) is 102 Å². The Labute approximate surface area is 206 Å². The summed E-state index contributed by atoms with van der Waals surface area (Å²) in [7, 11) is 1.50. The molecule has 8 heteroatoms. The molecule has 4 heterocycles. The normalized spacial score (nSPS) is 54.5. The van der Waals surface area contributed by atoms with E-state index in [1.807, 2.05) is 0 Å². The van der Waals surface area contributed by atoms with Crippen molar-refractivity contribution in [1.29, 1.82) is 0 Å². The highest BCUT2D eigenvalue weighted by Crippen LogP contribution is 2.66. The highest BCUT2D eigenvalue weighted by molar-refractivity contribution is 5.40. The second-order valence-corrected chi connectivity index (χ2v) is 12.0. The second kappa shape index (κ2) is 8.00. The summed E-state index contributed by atoms with van der Waals surface area (Å²) in [6.07, 6.45) is 4.55. The number of hydrogen-bond acceptors (Lipinski definition) is 8. The number of aliphatic hydroxyl groups excluding tert-OH is 2. The molecule has 1 spiro atoms. The summed E-state index contributed by atoms with van der Waals surface area (Å²) in [4.78, 5) is 0. The van der Waals surface area contributed by atoms with Gasteiger partial charge >= 0.3 is 0 Å². The Morgan fingerprint density at radius 1 is 1.11 bits per heavy atom. The molecule has 3 aliphatic carbocycles. The lowest BCUT2D eigenvalue weighted by atomic mass is 9.53. The van der Waals surface area contributed by atoms with E-state index in [-0.39, 0.29) is 29.3 Å². The fraction of sp³-hybridized carbons (Fsp3) is 0.852. The van der Waals surface area contributed by atoms with Crippen LogP contribution in [0, 0.1) is 22.7 Å². The molecule has 0 aromatic carbocycles. The van der Waals surface area contributed by atoms with Crippen LogP contribution in [0.2, 0.25) is 0 Å². The topological polar surface area (TPSA) is 95.8 Å². The molecule has 12 atom stereocenters. The van der Waals surface area contributed by atoms with Crippen LogP contribution in [0.5, 0.6) is 0 Å². The van der Waals surface area contributed by atoms with Gasteiger partial charge in [0.25, 0.3) is 0 Å². The van der Waals surface area contributed by atoms with Crippen LogP contribution in [0.4, 0.5) is 0 Å². The van der Waals surface area contributed by atoms with Gasteiger partial charge in [0.05, 0.1) is 36.8 Å². The summed E-state index contributed by atoms with van der Waals surface area (Å²) >= 11 is 0. The van der Waals surface area contributed by atoms with Crippen molar-refractivity contribution >= 4 is 0 Å². The first-order valence-electron chi connectivity index (χ1n) is 13.4. The summed E-state index contributed by atoms with van der Waals surface area (Å²) in [6, 6.07) is 0. The van der Waals surface area contributed by atoms with Crippen LogP contribution in [-0.2, 0) is 28.4 Å². The zero-order valence-electron chi connectivity index (χ0n) is 20.9. The zero-order chi connectivity index (χ0) is 24.1. The second-order valence-electron chi connectivity index (χ2n) is 12.0.